The molecule has 3 aliphatic heterocycles. The molecule has 3 saturated heterocycles. The highest BCUT2D eigenvalue weighted by Crippen LogP contribution is 2.28. The summed E-state index contributed by atoms with van der Waals surface area (Å²) < 4.78 is 23.0. The number of nitrogens with one attached hydrogen (secondary N) is 1. The van der Waals surface area contributed by atoms with E-state index in [1.165, 1.54) is 25.8 Å². The second-order valence-electron chi connectivity index (χ2n) is 5.91. The molecule has 0 aromatic heterocycles. The van der Waals surface area contributed by atoms with Crippen LogP contribution in [0.3, 0.4) is 0 Å². The lowest BCUT2D eigenvalue weighted by Crippen LogP contribution is -2.51. The largest absolute Gasteiger partial charge is 0.390 e. The van der Waals surface area contributed by atoms with Gasteiger partial charge in [0.25, 0.3) is 0 Å². The van der Waals surface area contributed by atoms with E-state index in [1.54, 1.807) is 0 Å². The van der Waals surface area contributed by atoms with Gasteiger partial charge in [0, 0.05) is 24.7 Å². The molecule has 0 aromatic rings. The van der Waals surface area contributed by atoms with Crippen LogP contribution in [0.15, 0.2) is 0 Å². The smallest absolute Gasteiger partial charge is 0.154 e. The average molecular weight is 274 g/mol. The number of aliphatic hydroxyl groups is 1. The molecular formula is C12H22N2O3S. The lowest BCUT2D eigenvalue weighted by Gasteiger charge is -2.34. The molecule has 5 nitrogen and oxygen atoms in total. The third kappa shape index (κ3) is 2.43. The highest BCUT2D eigenvalue weighted by Gasteiger charge is 2.41. The summed E-state index contributed by atoms with van der Waals surface area (Å²) in [6.45, 7) is 2.28. The maximum Gasteiger partial charge on any atom is 0.154 e. The Kier molecular flexibility index (Phi) is 3.38. The van der Waals surface area contributed by atoms with Crippen molar-refractivity contribution >= 4 is 9.84 Å². The van der Waals surface area contributed by atoms with Gasteiger partial charge < -0.3 is 10.4 Å². The standard InChI is InChI=1S/C12H22N2O3S/c15-12-8-18(16,17)7-10(12)13-9-4-6-14-5-2-1-3-11(9)14/h9-13,15H,1-8H2. The van der Waals surface area contributed by atoms with Crippen LogP contribution in [0.1, 0.15) is 25.7 Å². The number of nitrogens with zero attached hydrogens (tertiary/aromatic N) is 1. The molecule has 6 heteroatoms. The zero-order valence-corrected chi connectivity index (χ0v) is 11.4. The Morgan fingerprint density at radius 1 is 1.06 bits per heavy atom. The van der Waals surface area contributed by atoms with Crippen LogP contribution in [0.25, 0.3) is 0 Å². The van der Waals surface area contributed by atoms with E-state index in [1.807, 2.05) is 0 Å². The summed E-state index contributed by atoms with van der Waals surface area (Å²) >= 11 is 0. The average Bonchev–Trinajstić information content (AvgIpc) is 2.81. The van der Waals surface area contributed by atoms with Crippen LogP contribution in [0.4, 0.5) is 0 Å². The van der Waals surface area contributed by atoms with Crippen molar-refractivity contribution in [2.75, 3.05) is 24.6 Å². The highest BCUT2D eigenvalue weighted by atomic mass is 32.2. The third-order valence-electron chi connectivity index (χ3n) is 4.61. The van der Waals surface area contributed by atoms with E-state index in [4.69, 9.17) is 0 Å². The summed E-state index contributed by atoms with van der Waals surface area (Å²) in [7, 11) is -3.04. The molecule has 0 aliphatic carbocycles. The highest BCUT2D eigenvalue weighted by molar-refractivity contribution is 7.91. The fraction of sp³-hybridized carbons (Fsp3) is 1.00. The van der Waals surface area contributed by atoms with Crippen molar-refractivity contribution in [1.82, 2.24) is 10.2 Å². The van der Waals surface area contributed by atoms with Crippen LogP contribution >= 0.6 is 0 Å². The third-order valence-corrected chi connectivity index (χ3v) is 6.32. The molecule has 3 heterocycles. The van der Waals surface area contributed by atoms with Crippen molar-refractivity contribution in [1.29, 1.82) is 0 Å². The molecule has 0 bridgehead atoms. The van der Waals surface area contributed by atoms with Crippen LogP contribution < -0.4 is 5.32 Å². The molecule has 0 radical (unpaired) electrons. The van der Waals surface area contributed by atoms with Gasteiger partial charge >= 0.3 is 0 Å². The summed E-state index contributed by atoms with van der Waals surface area (Å²) in [5, 5.41) is 13.2. The first-order chi connectivity index (χ1) is 8.55. The summed E-state index contributed by atoms with van der Waals surface area (Å²) in [5.74, 6) is 0.0170. The molecule has 0 saturated carbocycles. The minimum Gasteiger partial charge on any atom is -0.390 e. The normalized spacial score (nSPS) is 44.1. The van der Waals surface area contributed by atoms with Crippen LogP contribution in [0, 0.1) is 0 Å². The molecule has 4 atom stereocenters. The predicted molar refractivity (Wildman–Crippen MR) is 69.2 cm³/mol. The van der Waals surface area contributed by atoms with E-state index >= 15 is 0 Å². The minimum atomic E-state index is -3.04. The van der Waals surface area contributed by atoms with Gasteiger partial charge in [0.05, 0.1) is 17.6 Å². The molecule has 104 valence electrons. The monoisotopic (exact) mass is 274 g/mol. The van der Waals surface area contributed by atoms with Crippen LogP contribution in [-0.2, 0) is 9.84 Å². The number of piperidine rings is 1. The molecule has 0 aromatic carbocycles. The van der Waals surface area contributed by atoms with E-state index in [2.05, 4.69) is 10.2 Å². The van der Waals surface area contributed by atoms with E-state index < -0.39 is 15.9 Å². The van der Waals surface area contributed by atoms with Crippen molar-refractivity contribution in [2.24, 2.45) is 0 Å². The SMILES string of the molecule is O=S1(=O)CC(O)C(NC2CCN3CCCCC23)C1. The van der Waals surface area contributed by atoms with E-state index in [-0.39, 0.29) is 17.5 Å². The van der Waals surface area contributed by atoms with Gasteiger partial charge in [0.1, 0.15) is 0 Å². The number of rotatable bonds is 2. The summed E-state index contributed by atoms with van der Waals surface area (Å²) in [4.78, 5) is 2.51. The Hall–Kier alpha value is -0.170. The second kappa shape index (κ2) is 4.74. The summed E-state index contributed by atoms with van der Waals surface area (Å²) in [6, 6.07) is 0.648. The quantitative estimate of drug-likeness (QED) is 0.701. The summed E-state index contributed by atoms with van der Waals surface area (Å²) in [6.07, 6.45) is 4.10. The van der Waals surface area contributed by atoms with Gasteiger partial charge in [0.15, 0.2) is 9.84 Å². The zero-order chi connectivity index (χ0) is 12.8. The van der Waals surface area contributed by atoms with Crippen LogP contribution in [0.2, 0.25) is 0 Å². The minimum absolute atomic E-state index is 0.0776. The van der Waals surface area contributed by atoms with Gasteiger partial charge in [-0.25, -0.2) is 8.42 Å². The summed E-state index contributed by atoms with van der Waals surface area (Å²) in [5.41, 5.74) is 0. The Morgan fingerprint density at radius 2 is 1.89 bits per heavy atom. The van der Waals surface area contributed by atoms with E-state index in [0.717, 1.165) is 13.0 Å². The first-order valence-electron chi connectivity index (χ1n) is 6.94. The van der Waals surface area contributed by atoms with Crippen molar-refractivity contribution in [3.8, 4) is 0 Å². The number of fused-ring (bicyclic) bond motifs is 1. The lowest BCUT2D eigenvalue weighted by molar-refractivity contribution is 0.139. The fourth-order valence-corrected chi connectivity index (χ4v) is 5.46. The Balaban J connectivity index is 1.63. The molecule has 0 amide bonds. The predicted octanol–water partition coefficient (Wildman–Crippen LogP) is -0.639. The van der Waals surface area contributed by atoms with Gasteiger partial charge in [-0.3, -0.25) is 4.90 Å². The number of sulfone groups is 1. The molecular weight excluding hydrogens is 252 g/mol. The second-order valence-corrected chi connectivity index (χ2v) is 8.07. The van der Waals surface area contributed by atoms with Crippen molar-refractivity contribution in [2.45, 2.75) is 49.9 Å². The number of hydrogen-bond acceptors (Lipinski definition) is 5. The van der Waals surface area contributed by atoms with Crippen molar-refractivity contribution < 1.29 is 13.5 Å². The van der Waals surface area contributed by atoms with Crippen LogP contribution in [0.5, 0.6) is 0 Å². The molecule has 18 heavy (non-hydrogen) atoms. The Morgan fingerprint density at radius 3 is 2.61 bits per heavy atom. The molecule has 0 spiro atoms. The van der Waals surface area contributed by atoms with E-state index in [0.29, 0.717) is 12.1 Å². The molecule has 3 rings (SSSR count). The first kappa shape index (κ1) is 12.8. The van der Waals surface area contributed by atoms with E-state index in [9.17, 15) is 13.5 Å². The van der Waals surface area contributed by atoms with Gasteiger partial charge in [-0.1, -0.05) is 6.42 Å². The Bertz CT molecular complexity index is 412. The topological polar surface area (TPSA) is 69.6 Å². The molecule has 4 unspecified atom stereocenters. The maximum absolute atomic E-state index is 11.5. The maximum atomic E-state index is 11.5. The van der Waals surface area contributed by atoms with Gasteiger partial charge in [0.2, 0.25) is 0 Å². The lowest BCUT2D eigenvalue weighted by atomic mass is 9.98. The first-order valence-corrected chi connectivity index (χ1v) is 8.76. The van der Waals surface area contributed by atoms with Gasteiger partial charge in [-0.15, -0.1) is 0 Å². The van der Waals surface area contributed by atoms with Gasteiger partial charge in [-0.2, -0.15) is 0 Å². The van der Waals surface area contributed by atoms with Crippen molar-refractivity contribution in [3.63, 3.8) is 0 Å². The van der Waals surface area contributed by atoms with Gasteiger partial charge in [-0.05, 0) is 25.8 Å². The Labute approximate surface area is 108 Å². The zero-order valence-electron chi connectivity index (χ0n) is 10.6. The molecule has 3 aliphatic rings. The van der Waals surface area contributed by atoms with Crippen molar-refractivity contribution in [3.05, 3.63) is 0 Å². The number of aliphatic hydroxyl groups excluding tert-OH is 1. The molecule has 2 N–H and O–H groups in total. The number of hydrogen-bond donors (Lipinski definition) is 2. The van der Waals surface area contributed by atoms with Crippen LogP contribution in [-0.4, -0.2) is 67.2 Å². The fourth-order valence-electron chi connectivity index (χ4n) is 3.70. The molecule has 3 fully saturated rings.